The highest BCUT2D eigenvalue weighted by Crippen LogP contribution is 2.32. The number of hydrogen-bond acceptors (Lipinski definition) is 4. The van der Waals surface area contributed by atoms with Crippen molar-refractivity contribution in [2.45, 2.75) is 25.8 Å². The van der Waals surface area contributed by atoms with Crippen molar-refractivity contribution in [3.8, 4) is 5.75 Å². The third-order valence-electron chi connectivity index (χ3n) is 4.64. The Kier molecular flexibility index (Phi) is 5.51. The lowest BCUT2D eigenvalue weighted by Crippen LogP contribution is -2.45. The molecule has 5 nitrogen and oxygen atoms in total. The second-order valence-electron chi connectivity index (χ2n) is 6.12. The van der Waals surface area contributed by atoms with E-state index in [0.717, 1.165) is 38.2 Å². The molecule has 126 valence electrons. The lowest BCUT2D eigenvalue weighted by atomic mass is 10.0. The average molecular weight is 318 g/mol. The van der Waals surface area contributed by atoms with E-state index in [-0.39, 0.29) is 5.91 Å². The molecule has 0 aliphatic carbocycles. The summed E-state index contributed by atoms with van der Waals surface area (Å²) in [7, 11) is 0. The summed E-state index contributed by atoms with van der Waals surface area (Å²) in [6.07, 6.45) is 2.26. The van der Waals surface area contributed by atoms with Gasteiger partial charge in [-0.05, 0) is 44.0 Å². The van der Waals surface area contributed by atoms with Gasteiger partial charge in [0.1, 0.15) is 5.75 Å². The van der Waals surface area contributed by atoms with Crippen molar-refractivity contribution in [2.24, 2.45) is 0 Å². The van der Waals surface area contributed by atoms with E-state index >= 15 is 0 Å². The molecule has 2 fully saturated rings. The van der Waals surface area contributed by atoms with Crippen LogP contribution in [0.4, 0.5) is 0 Å². The Labute approximate surface area is 138 Å². The number of ether oxygens (including phenoxy) is 2. The van der Waals surface area contributed by atoms with Crippen LogP contribution >= 0.6 is 0 Å². The van der Waals surface area contributed by atoms with E-state index in [9.17, 15) is 4.79 Å². The number of hydrogen-bond donors (Lipinski definition) is 0. The lowest BCUT2D eigenvalue weighted by molar-refractivity contribution is -0.136. The fraction of sp³-hybridized carbons (Fsp3) is 0.611. The summed E-state index contributed by atoms with van der Waals surface area (Å²) in [5.41, 5.74) is 1.28. The Morgan fingerprint density at radius 2 is 1.96 bits per heavy atom. The SMILES string of the molecule is CCOc1ccc(C2CCCN2CC(=O)N2CCOCC2)cc1. The van der Waals surface area contributed by atoms with Gasteiger partial charge < -0.3 is 14.4 Å². The third kappa shape index (κ3) is 4.03. The first-order valence-corrected chi connectivity index (χ1v) is 8.60. The molecule has 0 radical (unpaired) electrons. The zero-order chi connectivity index (χ0) is 16.1. The number of rotatable bonds is 5. The van der Waals surface area contributed by atoms with Crippen molar-refractivity contribution in [2.75, 3.05) is 46.0 Å². The minimum atomic E-state index is 0.228. The molecule has 0 saturated carbocycles. The highest BCUT2D eigenvalue weighted by atomic mass is 16.5. The van der Waals surface area contributed by atoms with Crippen LogP contribution in [0, 0.1) is 0 Å². The second-order valence-corrected chi connectivity index (χ2v) is 6.12. The van der Waals surface area contributed by atoms with E-state index in [1.165, 1.54) is 5.56 Å². The maximum absolute atomic E-state index is 12.5. The van der Waals surface area contributed by atoms with Crippen molar-refractivity contribution in [1.82, 2.24) is 9.80 Å². The summed E-state index contributed by atoms with van der Waals surface area (Å²) in [5.74, 6) is 1.14. The van der Waals surface area contributed by atoms with Crippen LogP contribution in [0.3, 0.4) is 0 Å². The van der Waals surface area contributed by atoms with Gasteiger partial charge in [-0.15, -0.1) is 0 Å². The number of carbonyl (C=O) groups excluding carboxylic acids is 1. The first-order valence-electron chi connectivity index (χ1n) is 8.60. The summed E-state index contributed by atoms with van der Waals surface area (Å²) in [5, 5.41) is 0. The summed E-state index contributed by atoms with van der Waals surface area (Å²) in [6, 6.07) is 8.66. The lowest BCUT2D eigenvalue weighted by Gasteiger charge is -2.30. The van der Waals surface area contributed by atoms with Crippen molar-refractivity contribution in [3.63, 3.8) is 0 Å². The molecule has 1 aromatic rings. The van der Waals surface area contributed by atoms with Gasteiger partial charge in [-0.25, -0.2) is 0 Å². The van der Waals surface area contributed by atoms with Gasteiger partial charge in [0.25, 0.3) is 0 Å². The van der Waals surface area contributed by atoms with Gasteiger partial charge in [-0.2, -0.15) is 0 Å². The first-order chi connectivity index (χ1) is 11.3. The first kappa shape index (κ1) is 16.3. The third-order valence-corrected chi connectivity index (χ3v) is 4.64. The van der Waals surface area contributed by atoms with Crippen molar-refractivity contribution < 1.29 is 14.3 Å². The Morgan fingerprint density at radius 3 is 2.65 bits per heavy atom. The molecule has 0 aromatic heterocycles. The van der Waals surface area contributed by atoms with Gasteiger partial charge in [0.05, 0.1) is 26.4 Å². The van der Waals surface area contributed by atoms with Crippen LogP contribution in [0.15, 0.2) is 24.3 Å². The van der Waals surface area contributed by atoms with E-state index in [4.69, 9.17) is 9.47 Å². The molecular formula is C18H26N2O3. The number of morpholine rings is 1. The predicted octanol–water partition coefficient (Wildman–Crippen LogP) is 2.08. The molecule has 1 unspecified atom stereocenters. The number of amides is 1. The highest BCUT2D eigenvalue weighted by Gasteiger charge is 2.29. The Balaban J connectivity index is 1.61. The van der Waals surface area contributed by atoms with Gasteiger partial charge in [-0.1, -0.05) is 12.1 Å². The minimum Gasteiger partial charge on any atom is -0.494 e. The molecule has 1 atom stereocenters. The summed E-state index contributed by atoms with van der Waals surface area (Å²) >= 11 is 0. The van der Waals surface area contributed by atoms with Gasteiger partial charge in [0.2, 0.25) is 5.91 Å². The molecule has 1 amide bonds. The molecule has 2 aliphatic rings. The molecule has 23 heavy (non-hydrogen) atoms. The fourth-order valence-electron chi connectivity index (χ4n) is 3.43. The van der Waals surface area contributed by atoms with Crippen LogP contribution in [0.5, 0.6) is 5.75 Å². The fourth-order valence-corrected chi connectivity index (χ4v) is 3.43. The second kappa shape index (κ2) is 7.79. The van der Waals surface area contributed by atoms with Gasteiger partial charge in [0, 0.05) is 19.1 Å². The van der Waals surface area contributed by atoms with Crippen LogP contribution in [0.2, 0.25) is 0 Å². The number of carbonyl (C=O) groups is 1. The highest BCUT2D eigenvalue weighted by molar-refractivity contribution is 5.78. The van der Waals surface area contributed by atoms with E-state index in [1.807, 2.05) is 24.0 Å². The van der Waals surface area contributed by atoms with Gasteiger partial charge in [0.15, 0.2) is 0 Å². The molecule has 0 bridgehead atoms. The molecule has 0 N–H and O–H groups in total. The summed E-state index contributed by atoms with van der Waals surface area (Å²) in [6.45, 7) is 6.95. The molecule has 3 rings (SSSR count). The molecule has 2 saturated heterocycles. The van der Waals surface area contributed by atoms with Crippen LogP contribution < -0.4 is 4.74 Å². The number of benzene rings is 1. The largest absolute Gasteiger partial charge is 0.494 e. The van der Waals surface area contributed by atoms with Crippen molar-refractivity contribution in [1.29, 1.82) is 0 Å². The minimum absolute atomic E-state index is 0.228. The monoisotopic (exact) mass is 318 g/mol. The van der Waals surface area contributed by atoms with Crippen LogP contribution in [0.1, 0.15) is 31.4 Å². The topological polar surface area (TPSA) is 42.0 Å². The Hall–Kier alpha value is -1.59. The van der Waals surface area contributed by atoms with Crippen LogP contribution in [-0.4, -0.2) is 61.7 Å². The van der Waals surface area contributed by atoms with E-state index in [2.05, 4.69) is 17.0 Å². The van der Waals surface area contributed by atoms with Crippen molar-refractivity contribution in [3.05, 3.63) is 29.8 Å². The Bertz CT molecular complexity index is 512. The number of likely N-dealkylation sites (tertiary alicyclic amines) is 1. The van der Waals surface area contributed by atoms with E-state index in [1.54, 1.807) is 0 Å². The van der Waals surface area contributed by atoms with Gasteiger partial charge in [-0.3, -0.25) is 9.69 Å². The summed E-state index contributed by atoms with van der Waals surface area (Å²) in [4.78, 5) is 16.7. The van der Waals surface area contributed by atoms with E-state index < -0.39 is 0 Å². The maximum atomic E-state index is 12.5. The van der Waals surface area contributed by atoms with Crippen LogP contribution in [0.25, 0.3) is 0 Å². The normalized spacial score (nSPS) is 22.3. The van der Waals surface area contributed by atoms with E-state index in [0.29, 0.717) is 32.4 Å². The zero-order valence-corrected chi connectivity index (χ0v) is 13.9. The summed E-state index contributed by atoms with van der Waals surface area (Å²) < 4.78 is 10.8. The maximum Gasteiger partial charge on any atom is 0.236 e. The Morgan fingerprint density at radius 1 is 1.22 bits per heavy atom. The standard InChI is InChI=1S/C18H26N2O3/c1-2-23-16-7-5-15(6-8-16)17-4-3-9-20(17)14-18(21)19-10-12-22-13-11-19/h5-8,17H,2-4,9-14H2,1H3. The molecule has 2 aliphatic heterocycles. The molecule has 1 aromatic carbocycles. The number of nitrogens with zero attached hydrogens (tertiary/aromatic N) is 2. The zero-order valence-electron chi connectivity index (χ0n) is 13.9. The molecule has 0 spiro atoms. The molecule has 2 heterocycles. The molecular weight excluding hydrogens is 292 g/mol. The molecule has 5 heteroatoms. The van der Waals surface area contributed by atoms with Crippen molar-refractivity contribution >= 4 is 5.91 Å². The average Bonchev–Trinajstić information content (AvgIpc) is 3.05. The predicted molar refractivity (Wildman–Crippen MR) is 88.6 cm³/mol. The quantitative estimate of drug-likeness (QED) is 0.833. The van der Waals surface area contributed by atoms with Gasteiger partial charge >= 0.3 is 0 Å². The smallest absolute Gasteiger partial charge is 0.236 e. The van der Waals surface area contributed by atoms with Crippen LogP contribution in [-0.2, 0) is 9.53 Å².